The monoisotopic (exact) mass is 724 g/mol. The Hall–Kier alpha value is -4.44. The normalized spacial score (nSPS) is 31.5. The number of nitrogens with two attached hydrogens (primary N) is 1. The minimum absolute atomic E-state index is 0.0310. The van der Waals surface area contributed by atoms with Crippen molar-refractivity contribution in [3.63, 3.8) is 0 Å². The molecular weight excluding hydrogens is 672 g/mol. The van der Waals surface area contributed by atoms with Crippen LogP contribution in [0.1, 0.15) is 115 Å². The number of fused-ring (bicyclic) bond motifs is 2. The SMILES string of the molecule is CC(C)=CCCC1(C)C=Cc2c(O)c3c(c(CC=C(C)C)c2O1)OC12C(=CC4CC1C(C)(C)OC2(C/C=C(/C)C(=O)N1CCCC1C(N)=O)C4=O)C3=O. The number of allylic oxidation sites excluding steroid dienone is 5. The lowest BCUT2D eigenvalue weighted by atomic mass is 9.51. The third-order valence-electron chi connectivity index (χ3n) is 12.3. The van der Waals surface area contributed by atoms with Crippen molar-refractivity contribution in [1.29, 1.82) is 0 Å². The molecule has 0 aromatic heterocycles. The van der Waals surface area contributed by atoms with Gasteiger partial charge in [0.15, 0.2) is 22.8 Å². The number of rotatable bonds is 9. The molecule has 282 valence electrons. The molecular formula is C43H52N2O8. The van der Waals surface area contributed by atoms with E-state index in [1.54, 1.807) is 19.1 Å². The van der Waals surface area contributed by atoms with Crippen molar-refractivity contribution in [2.24, 2.45) is 17.6 Å². The number of amides is 2. The standard InChI is InChI=1S/C43H52N2O8/c1-23(2)11-9-17-41(8)18-16-27-33(46)32-34(47)29-21-26-22-31-40(6,7)53-42(37(26)48,19-15-25(5)39(50)45-20-10-12-30(45)38(44)49)43(29,31)52-36(32)28(35(27)51-41)14-13-24(3)4/h11,13,15-16,18,21,26,30-31,46H,9-10,12,14,17,19-20,22H2,1-8H3,(H2,44,49)/b25-15-. The molecule has 3 fully saturated rings. The Bertz CT molecular complexity index is 1990. The molecule has 53 heavy (non-hydrogen) atoms. The number of benzene rings is 1. The molecule has 4 bridgehead atoms. The summed E-state index contributed by atoms with van der Waals surface area (Å²) >= 11 is 0. The predicted octanol–water partition coefficient (Wildman–Crippen LogP) is 6.63. The van der Waals surface area contributed by atoms with E-state index in [2.05, 4.69) is 19.9 Å². The molecule has 1 aromatic rings. The maximum atomic E-state index is 15.0. The van der Waals surface area contributed by atoms with Crippen molar-refractivity contribution in [2.45, 2.75) is 129 Å². The fourth-order valence-corrected chi connectivity index (χ4v) is 9.70. The second-order valence-electron chi connectivity index (χ2n) is 17.0. The minimum Gasteiger partial charge on any atom is -0.506 e. The molecule has 2 amide bonds. The van der Waals surface area contributed by atoms with Crippen molar-refractivity contribution in [3.05, 3.63) is 69.4 Å². The Labute approximate surface area is 311 Å². The van der Waals surface area contributed by atoms with Crippen molar-refractivity contribution >= 4 is 29.5 Å². The van der Waals surface area contributed by atoms with E-state index in [1.165, 1.54) is 10.5 Å². The maximum absolute atomic E-state index is 15.0. The van der Waals surface area contributed by atoms with Gasteiger partial charge in [-0.25, -0.2) is 0 Å². The fraction of sp³-hybridized carbons (Fsp3) is 0.535. The van der Waals surface area contributed by atoms with E-state index in [0.29, 0.717) is 66.7 Å². The van der Waals surface area contributed by atoms with E-state index in [0.717, 1.165) is 12.0 Å². The van der Waals surface area contributed by atoms with Crippen LogP contribution in [0.2, 0.25) is 0 Å². The van der Waals surface area contributed by atoms with Gasteiger partial charge in [0, 0.05) is 41.5 Å². The molecule has 6 atom stereocenters. The van der Waals surface area contributed by atoms with E-state index >= 15 is 0 Å². The first-order valence-electron chi connectivity index (χ1n) is 18.9. The number of nitrogens with zero attached hydrogens (tertiary/aromatic N) is 1. The first-order chi connectivity index (χ1) is 24.9. The highest BCUT2D eigenvalue weighted by Crippen LogP contribution is 2.68. The number of ketones is 2. The van der Waals surface area contributed by atoms with E-state index in [1.807, 2.05) is 52.8 Å². The molecule has 7 aliphatic rings. The number of Topliss-reactive ketones (excluding diaryl/α,β-unsaturated/α-hetero) is 2. The topological polar surface area (TPSA) is 145 Å². The summed E-state index contributed by atoms with van der Waals surface area (Å²) in [5.74, 6) is -2.06. The third kappa shape index (κ3) is 5.45. The number of phenols is 1. The number of carbonyl (C=O) groups excluding carboxylic acids is 4. The van der Waals surface area contributed by atoms with Crippen LogP contribution in [0.25, 0.3) is 6.08 Å². The highest BCUT2D eigenvalue weighted by molar-refractivity contribution is 6.19. The summed E-state index contributed by atoms with van der Waals surface area (Å²) in [5.41, 5.74) is 4.88. The Kier molecular flexibility index (Phi) is 8.75. The van der Waals surface area contributed by atoms with Gasteiger partial charge in [0.2, 0.25) is 11.8 Å². The highest BCUT2D eigenvalue weighted by atomic mass is 16.6. The summed E-state index contributed by atoms with van der Waals surface area (Å²) in [4.78, 5) is 57.0. The van der Waals surface area contributed by atoms with Gasteiger partial charge in [-0.3, -0.25) is 19.2 Å². The zero-order valence-corrected chi connectivity index (χ0v) is 32.2. The quantitative estimate of drug-likeness (QED) is 0.213. The van der Waals surface area contributed by atoms with E-state index in [4.69, 9.17) is 19.9 Å². The molecule has 1 saturated carbocycles. The first-order valence-corrected chi connectivity index (χ1v) is 18.9. The third-order valence-corrected chi connectivity index (χ3v) is 12.3. The van der Waals surface area contributed by atoms with Gasteiger partial charge in [-0.2, -0.15) is 0 Å². The number of ether oxygens (including phenoxy) is 3. The van der Waals surface area contributed by atoms with Crippen molar-refractivity contribution in [3.8, 4) is 17.2 Å². The molecule has 4 heterocycles. The van der Waals surface area contributed by atoms with Crippen LogP contribution in [0.3, 0.4) is 0 Å². The summed E-state index contributed by atoms with van der Waals surface area (Å²) < 4.78 is 21.0. The largest absolute Gasteiger partial charge is 0.506 e. The van der Waals surface area contributed by atoms with Crippen LogP contribution in [0.4, 0.5) is 0 Å². The predicted molar refractivity (Wildman–Crippen MR) is 201 cm³/mol. The van der Waals surface area contributed by atoms with E-state index < -0.39 is 52.0 Å². The molecule has 6 unspecified atom stereocenters. The molecule has 8 rings (SSSR count). The molecule has 10 heteroatoms. The number of carbonyl (C=O) groups is 4. The van der Waals surface area contributed by atoms with Crippen LogP contribution >= 0.6 is 0 Å². The highest BCUT2D eigenvalue weighted by Gasteiger charge is 2.81. The lowest BCUT2D eigenvalue weighted by Crippen LogP contribution is -2.72. The molecule has 1 aromatic carbocycles. The number of hydrogen-bond acceptors (Lipinski definition) is 8. The number of likely N-dealkylation sites (tertiary alicyclic amines) is 1. The van der Waals surface area contributed by atoms with Gasteiger partial charge in [-0.1, -0.05) is 35.5 Å². The van der Waals surface area contributed by atoms with Crippen LogP contribution in [-0.2, 0) is 25.5 Å². The number of phenolic OH excluding ortho intramolecular Hbond substituents is 1. The molecule has 4 aliphatic heterocycles. The van der Waals surface area contributed by atoms with Crippen LogP contribution in [0, 0.1) is 11.8 Å². The van der Waals surface area contributed by atoms with Crippen molar-refractivity contribution < 1.29 is 38.5 Å². The Balaban J connectivity index is 1.38. The van der Waals surface area contributed by atoms with Crippen molar-refractivity contribution in [2.75, 3.05) is 6.54 Å². The lowest BCUT2D eigenvalue weighted by Gasteiger charge is -2.56. The molecule has 0 radical (unpaired) electrons. The summed E-state index contributed by atoms with van der Waals surface area (Å²) in [7, 11) is 0. The first kappa shape index (κ1) is 36.9. The van der Waals surface area contributed by atoms with Crippen LogP contribution in [-0.4, -0.2) is 68.4 Å². The maximum Gasteiger partial charge on any atom is 0.249 e. The zero-order chi connectivity index (χ0) is 38.4. The number of primary amides is 1. The average Bonchev–Trinajstić information content (AvgIpc) is 3.63. The van der Waals surface area contributed by atoms with Gasteiger partial charge < -0.3 is 30.0 Å². The molecule has 3 N–H and O–H groups in total. The van der Waals surface area contributed by atoms with Gasteiger partial charge in [0.05, 0.1) is 11.2 Å². The van der Waals surface area contributed by atoms with Gasteiger partial charge in [-0.05, 0) is 106 Å². The Morgan fingerprint density at radius 3 is 2.42 bits per heavy atom. The fourth-order valence-electron chi connectivity index (χ4n) is 9.70. The second kappa shape index (κ2) is 12.6. The Morgan fingerprint density at radius 2 is 1.74 bits per heavy atom. The molecule has 2 saturated heterocycles. The van der Waals surface area contributed by atoms with Crippen molar-refractivity contribution in [1.82, 2.24) is 4.90 Å². The average molecular weight is 725 g/mol. The van der Waals surface area contributed by atoms with Crippen LogP contribution < -0.4 is 15.2 Å². The smallest absolute Gasteiger partial charge is 0.249 e. The number of hydrogen-bond donors (Lipinski definition) is 2. The lowest BCUT2D eigenvalue weighted by molar-refractivity contribution is -0.171. The summed E-state index contributed by atoms with van der Waals surface area (Å²) in [6.07, 6.45) is 14.8. The van der Waals surface area contributed by atoms with Crippen LogP contribution in [0.5, 0.6) is 17.2 Å². The molecule has 1 spiro atoms. The van der Waals surface area contributed by atoms with E-state index in [9.17, 15) is 24.3 Å². The minimum atomic E-state index is -1.64. The molecule has 3 aliphatic carbocycles. The summed E-state index contributed by atoms with van der Waals surface area (Å²) in [6, 6.07) is -0.685. The summed E-state index contributed by atoms with van der Waals surface area (Å²) in [6.45, 7) is 16.0. The zero-order valence-electron chi connectivity index (χ0n) is 32.2. The van der Waals surface area contributed by atoms with Gasteiger partial charge in [0.1, 0.15) is 34.5 Å². The molecule has 10 nitrogen and oxygen atoms in total. The van der Waals surface area contributed by atoms with Gasteiger partial charge in [0.25, 0.3) is 0 Å². The van der Waals surface area contributed by atoms with Crippen LogP contribution in [0.15, 0.2) is 52.7 Å². The second-order valence-corrected chi connectivity index (χ2v) is 17.0. The van der Waals surface area contributed by atoms with Gasteiger partial charge >= 0.3 is 0 Å². The van der Waals surface area contributed by atoms with Gasteiger partial charge in [-0.15, -0.1) is 0 Å². The Morgan fingerprint density at radius 1 is 1.02 bits per heavy atom. The summed E-state index contributed by atoms with van der Waals surface area (Å²) in [5, 5.41) is 11.9. The number of aromatic hydroxyl groups is 1. The van der Waals surface area contributed by atoms with E-state index in [-0.39, 0.29) is 35.2 Å².